The fourth-order valence-electron chi connectivity index (χ4n) is 6.96. The number of azide groups is 1. The van der Waals surface area contributed by atoms with Crippen molar-refractivity contribution in [1.82, 2.24) is 39.0 Å². The lowest BCUT2D eigenvalue weighted by atomic mass is 9.97. The number of carbonyl (C=O) groups is 2. The van der Waals surface area contributed by atoms with Crippen LogP contribution in [0, 0.1) is 23.2 Å². The Balaban J connectivity index is 1.16. The first-order valence-corrected chi connectivity index (χ1v) is 21.8. The Labute approximate surface area is 355 Å². The SMILES string of the molecule is CCC1OC(n2cnc3c(=O)[nH]c(NC(=O)C(C)C)nc32)C(OP(=S)(OCCC#N)OCC2OC(n3cnc4c(NC(=O)c5ccccc5)ncnc43)C(F)C2N=[N+]=[N-])C1CO. The number of carbonyl (C=O) groups excluding carboxylic acids is 2. The van der Waals surface area contributed by atoms with Crippen LogP contribution in [-0.2, 0) is 39.6 Å². The van der Waals surface area contributed by atoms with E-state index in [0.717, 1.165) is 6.33 Å². The lowest BCUT2D eigenvalue weighted by Gasteiger charge is -2.30. The van der Waals surface area contributed by atoms with Gasteiger partial charge in [-0.05, 0) is 35.9 Å². The van der Waals surface area contributed by atoms with Gasteiger partial charge in [-0.3, -0.25) is 33.8 Å². The predicted molar refractivity (Wildman–Crippen MR) is 219 cm³/mol. The molecule has 4 aromatic heterocycles. The van der Waals surface area contributed by atoms with Gasteiger partial charge in [0.15, 0.2) is 46.8 Å². The van der Waals surface area contributed by atoms with Gasteiger partial charge in [-0.2, -0.15) is 10.2 Å². The van der Waals surface area contributed by atoms with Crippen LogP contribution in [-0.4, -0.2) is 106 Å². The first kappa shape index (κ1) is 44.3. The van der Waals surface area contributed by atoms with Crippen LogP contribution in [0.25, 0.3) is 32.8 Å². The van der Waals surface area contributed by atoms with Crippen LogP contribution in [0.15, 0.2) is 59.2 Å². The number of aliphatic hydroxyl groups excluding tert-OH is 1. The third-order valence-electron chi connectivity index (χ3n) is 10.1. The van der Waals surface area contributed by atoms with Crippen LogP contribution in [0.5, 0.6) is 0 Å². The summed E-state index contributed by atoms with van der Waals surface area (Å²) in [5, 5.41) is 28.9. The normalized spacial score (nSPS) is 24.5. The van der Waals surface area contributed by atoms with E-state index in [1.807, 2.05) is 13.0 Å². The van der Waals surface area contributed by atoms with Gasteiger partial charge in [-0.25, -0.2) is 24.3 Å². The van der Waals surface area contributed by atoms with Gasteiger partial charge < -0.3 is 33.5 Å². The Hall–Kier alpha value is -5.80. The molecule has 0 saturated carbocycles. The Morgan fingerprint density at radius 2 is 1.82 bits per heavy atom. The number of alkyl halides is 1. The first-order valence-electron chi connectivity index (χ1n) is 19.3. The van der Waals surface area contributed by atoms with Crippen molar-refractivity contribution >= 4 is 64.4 Å². The second-order valence-corrected chi connectivity index (χ2v) is 17.3. The molecule has 62 heavy (non-hydrogen) atoms. The first-order chi connectivity index (χ1) is 29.9. The van der Waals surface area contributed by atoms with Crippen molar-refractivity contribution in [3.05, 3.63) is 75.7 Å². The summed E-state index contributed by atoms with van der Waals surface area (Å²) in [6, 6.07) is 8.87. The largest absolute Gasteiger partial charge is 0.396 e. The number of rotatable bonds is 17. The highest BCUT2D eigenvalue weighted by atomic mass is 32.5. The van der Waals surface area contributed by atoms with Crippen LogP contribution in [0.4, 0.5) is 16.2 Å². The lowest BCUT2D eigenvalue weighted by molar-refractivity contribution is -0.118. The molecule has 1 aromatic carbocycles. The average molecular weight is 895 g/mol. The minimum absolute atomic E-state index is 0.0130. The van der Waals surface area contributed by atoms with E-state index < -0.39 is 92.1 Å². The fourth-order valence-corrected chi connectivity index (χ4v) is 9.07. The molecule has 2 aliphatic heterocycles. The van der Waals surface area contributed by atoms with Crippen LogP contribution >= 0.6 is 6.72 Å². The van der Waals surface area contributed by atoms with Crippen LogP contribution in [0.1, 0.15) is 56.4 Å². The number of ether oxygens (including phenoxy) is 2. The van der Waals surface area contributed by atoms with Crippen molar-refractivity contribution in [2.24, 2.45) is 17.0 Å². The molecule has 0 radical (unpaired) electrons. The number of hydrogen-bond donors (Lipinski definition) is 4. The van der Waals surface area contributed by atoms with Crippen molar-refractivity contribution in [2.75, 3.05) is 30.5 Å². The highest BCUT2D eigenvalue weighted by molar-refractivity contribution is 8.07. The van der Waals surface area contributed by atoms with E-state index in [-0.39, 0.29) is 47.1 Å². The molecule has 2 amide bonds. The Morgan fingerprint density at radius 1 is 1.10 bits per heavy atom. The van der Waals surface area contributed by atoms with Crippen LogP contribution in [0.2, 0.25) is 0 Å². The maximum Gasteiger partial charge on any atom is 0.327 e. The fraction of sp³-hybridized carbons (Fsp3) is 0.472. The zero-order valence-electron chi connectivity index (χ0n) is 33.2. The minimum atomic E-state index is -4.02. The summed E-state index contributed by atoms with van der Waals surface area (Å²) in [4.78, 5) is 65.1. The Morgan fingerprint density at radius 3 is 2.52 bits per heavy atom. The average Bonchev–Trinajstić information content (AvgIpc) is 4.04. The number of fused-ring (bicyclic) bond motifs is 2. The summed E-state index contributed by atoms with van der Waals surface area (Å²) < 4.78 is 50.1. The summed E-state index contributed by atoms with van der Waals surface area (Å²) in [6.07, 6.45) is -3.71. The summed E-state index contributed by atoms with van der Waals surface area (Å²) in [5.41, 5.74) is 9.32. The number of nitrogens with one attached hydrogen (secondary N) is 3. The lowest BCUT2D eigenvalue weighted by Crippen LogP contribution is -2.33. The molecule has 4 N–H and O–H groups in total. The topological polar surface area (TPSA) is 304 Å². The van der Waals surface area contributed by atoms with Crippen molar-refractivity contribution in [1.29, 1.82) is 5.26 Å². The number of nitrogens with zero attached hydrogens (tertiary/aromatic N) is 11. The molecule has 7 rings (SSSR count). The molecule has 23 nitrogen and oxygen atoms in total. The molecular formula is C36H40FN14O9PS. The quantitative estimate of drug-likeness (QED) is 0.0334. The van der Waals surface area contributed by atoms with Crippen molar-refractivity contribution in [3.63, 3.8) is 0 Å². The standard InChI is InChI=1S/C36H40FN14O9PS/c1-4-21-20(13-52)27(35(58-21)51-17-43-26-30(51)45-36(47-33(26)55)46-31(53)18(2)3)60-61(62,56-12-8-11-38)57-14-22-24(48-49-39)23(37)34(59-22)50-16-42-25-28(40-15-41-29(25)50)44-32(54)19-9-6-5-7-10-19/h5-7,9-10,15-18,20-24,27,34-35,52H,4,8,12-14H2,1-3H3,(H,40,41,44,54)(H2,45,46,47,53,55). The molecule has 2 saturated heterocycles. The number of aromatic amines is 1. The number of H-pyrrole nitrogens is 1. The molecule has 0 bridgehead atoms. The number of benzene rings is 1. The molecular weight excluding hydrogens is 855 g/mol. The molecule has 26 heteroatoms. The van der Waals surface area contributed by atoms with E-state index in [1.54, 1.807) is 44.2 Å². The molecule has 9 unspecified atom stereocenters. The van der Waals surface area contributed by atoms with Gasteiger partial charge >= 0.3 is 6.72 Å². The van der Waals surface area contributed by atoms with E-state index in [4.69, 9.17) is 34.9 Å². The summed E-state index contributed by atoms with van der Waals surface area (Å²) >= 11 is 5.88. The van der Waals surface area contributed by atoms with Gasteiger partial charge in [0.1, 0.15) is 18.5 Å². The molecule has 2 fully saturated rings. The number of imidazole rings is 2. The molecule has 5 aromatic rings. The summed E-state index contributed by atoms with van der Waals surface area (Å²) in [6.45, 7) is -0.115. The highest BCUT2D eigenvalue weighted by Crippen LogP contribution is 2.56. The van der Waals surface area contributed by atoms with Gasteiger partial charge in [-0.1, -0.05) is 44.1 Å². The highest BCUT2D eigenvalue weighted by Gasteiger charge is 2.50. The zero-order chi connectivity index (χ0) is 44.1. The molecule has 2 aliphatic rings. The van der Waals surface area contributed by atoms with E-state index in [9.17, 15) is 30.3 Å². The number of hydrogen-bond acceptors (Lipinski definition) is 17. The minimum Gasteiger partial charge on any atom is -0.396 e. The molecule has 326 valence electrons. The number of nitriles is 1. The molecule has 0 spiro atoms. The number of aromatic nitrogens is 8. The van der Waals surface area contributed by atoms with Crippen molar-refractivity contribution < 1.29 is 42.1 Å². The van der Waals surface area contributed by atoms with E-state index in [2.05, 4.69) is 50.6 Å². The van der Waals surface area contributed by atoms with Gasteiger partial charge in [0.2, 0.25) is 11.9 Å². The number of aliphatic hydroxyl groups is 1. The maximum atomic E-state index is 16.4. The molecule has 0 aliphatic carbocycles. The zero-order valence-corrected chi connectivity index (χ0v) is 34.9. The van der Waals surface area contributed by atoms with Gasteiger partial charge in [0.05, 0.1) is 57.2 Å². The summed E-state index contributed by atoms with van der Waals surface area (Å²) in [7, 11) is 0. The van der Waals surface area contributed by atoms with Crippen LogP contribution < -0.4 is 16.2 Å². The molecule has 9 atom stereocenters. The predicted octanol–water partition coefficient (Wildman–Crippen LogP) is 4.19. The van der Waals surface area contributed by atoms with E-state index >= 15 is 4.39 Å². The molecule has 6 heterocycles. The second-order valence-electron chi connectivity index (χ2n) is 14.3. The smallest absolute Gasteiger partial charge is 0.327 e. The Bertz CT molecular complexity index is 2640. The van der Waals surface area contributed by atoms with E-state index in [1.165, 1.54) is 21.8 Å². The van der Waals surface area contributed by atoms with Crippen LogP contribution in [0.3, 0.4) is 0 Å². The van der Waals surface area contributed by atoms with Gasteiger partial charge in [0, 0.05) is 22.3 Å². The number of amides is 2. The van der Waals surface area contributed by atoms with Crippen molar-refractivity contribution in [3.8, 4) is 6.07 Å². The number of halogens is 1. The third kappa shape index (κ3) is 9.05. The van der Waals surface area contributed by atoms with Gasteiger partial charge in [0.25, 0.3) is 11.5 Å². The monoisotopic (exact) mass is 894 g/mol. The maximum absolute atomic E-state index is 16.4. The Kier molecular flexibility index (Phi) is 13.6. The number of anilines is 2. The summed E-state index contributed by atoms with van der Waals surface area (Å²) in [5.74, 6) is -2.13. The second kappa shape index (κ2) is 19.1. The third-order valence-corrected chi connectivity index (χ3v) is 12.4. The van der Waals surface area contributed by atoms with Gasteiger partial charge in [-0.15, -0.1) is 0 Å². The van der Waals surface area contributed by atoms with Crippen molar-refractivity contribution in [2.45, 2.75) is 76.6 Å². The van der Waals surface area contributed by atoms with E-state index in [0.29, 0.717) is 12.0 Å².